The van der Waals surface area contributed by atoms with E-state index in [0.717, 1.165) is 17.6 Å². The Morgan fingerprint density at radius 3 is 2.17 bits per heavy atom. The van der Waals surface area contributed by atoms with E-state index in [2.05, 4.69) is 33.0 Å². The molecule has 1 amide bonds. The molecule has 2 unspecified atom stereocenters. The van der Waals surface area contributed by atoms with Gasteiger partial charge in [-0.05, 0) is 24.3 Å². The minimum Gasteiger partial charge on any atom is -0.465 e. The first-order valence-electron chi connectivity index (χ1n) is 6.12. The Labute approximate surface area is 114 Å². The van der Waals surface area contributed by atoms with Crippen LogP contribution in [0.25, 0.3) is 0 Å². The third-order valence-corrected chi connectivity index (χ3v) is 4.48. The van der Waals surface area contributed by atoms with Gasteiger partial charge in [0.2, 0.25) is 0 Å². The van der Waals surface area contributed by atoms with Crippen molar-refractivity contribution in [3.05, 3.63) is 28.7 Å². The van der Waals surface area contributed by atoms with E-state index in [4.69, 9.17) is 5.11 Å². The van der Waals surface area contributed by atoms with Crippen LogP contribution in [0.2, 0.25) is 0 Å². The molecule has 0 aromatic heterocycles. The lowest BCUT2D eigenvalue weighted by Gasteiger charge is -2.21. The summed E-state index contributed by atoms with van der Waals surface area (Å²) >= 11 is 3.44. The zero-order valence-corrected chi connectivity index (χ0v) is 11.5. The van der Waals surface area contributed by atoms with Crippen LogP contribution in [-0.2, 0) is 0 Å². The number of carbonyl (C=O) groups is 1. The molecule has 2 heterocycles. The Bertz CT molecular complexity index is 449. The maximum Gasteiger partial charge on any atom is 0.407 e. The van der Waals surface area contributed by atoms with E-state index in [1.807, 2.05) is 12.1 Å². The fourth-order valence-electron chi connectivity index (χ4n) is 3.01. The molecule has 0 saturated carbocycles. The molecule has 1 N–H and O–H groups in total. The maximum atomic E-state index is 10.9. The van der Waals surface area contributed by atoms with Crippen molar-refractivity contribution in [2.45, 2.75) is 0 Å². The highest BCUT2D eigenvalue weighted by molar-refractivity contribution is 9.10. The first-order chi connectivity index (χ1) is 8.63. The highest BCUT2D eigenvalue weighted by Crippen LogP contribution is 2.34. The summed E-state index contributed by atoms with van der Waals surface area (Å²) in [5.74, 6) is 0.981. The van der Waals surface area contributed by atoms with E-state index in [1.165, 1.54) is 5.69 Å². The number of hydrogen-bond donors (Lipinski definition) is 1. The Balaban J connectivity index is 1.68. The summed E-state index contributed by atoms with van der Waals surface area (Å²) in [7, 11) is 0. The summed E-state index contributed by atoms with van der Waals surface area (Å²) in [6.45, 7) is 3.31. The first-order valence-corrected chi connectivity index (χ1v) is 6.91. The molecular weight excluding hydrogens is 296 g/mol. The Kier molecular flexibility index (Phi) is 2.93. The molecule has 96 valence electrons. The molecule has 18 heavy (non-hydrogen) atoms. The summed E-state index contributed by atoms with van der Waals surface area (Å²) in [6.07, 6.45) is -0.778. The van der Waals surface area contributed by atoms with Crippen LogP contribution in [0.4, 0.5) is 10.5 Å². The zero-order chi connectivity index (χ0) is 12.7. The molecule has 2 aliphatic heterocycles. The average Bonchev–Trinajstić information content (AvgIpc) is 2.87. The van der Waals surface area contributed by atoms with Crippen molar-refractivity contribution in [3.63, 3.8) is 0 Å². The standard InChI is InChI=1S/C13H15BrN2O2/c14-11-1-3-12(4-2-11)15-5-9-7-16(13(17)18)8-10(9)6-15/h1-4,9-10H,5-8H2,(H,17,18). The topological polar surface area (TPSA) is 43.8 Å². The van der Waals surface area contributed by atoms with Gasteiger partial charge in [0, 0.05) is 48.2 Å². The van der Waals surface area contributed by atoms with Crippen LogP contribution in [0.1, 0.15) is 0 Å². The molecular formula is C13H15BrN2O2. The SMILES string of the molecule is O=C(O)N1CC2CN(c3ccc(Br)cc3)CC2C1. The molecule has 0 spiro atoms. The molecule has 1 aromatic rings. The average molecular weight is 311 g/mol. The number of anilines is 1. The van der Waals surface area contributed by atoms with E-state index < -0.39 is 6.09 Å². The van der Waals surface area contributed by atoms with Gasteiger partial charge in [-0.1, -0.05) is 15.9 Å². The van der Waals surface area contributed by atoms with Gasteiger partial charge in [0.05, 0.1) is 0 Å². The number of carboxylic acid groups (broad SMARTS) is 1. The van der Waals surface area contributed by atoms with Crippen molar-refractivity contribution in [2.75, 3.05) is 31.1 Å². The summed E-state index contributed by atoms with van der Waals surface area (Å²) in [5, 5.41) is 8.99. The second-order valence-corrected chi connectivity index (χ2v) is 6.00. The number of nitrogens with zero attached hydrogens (tertiary/aromatic N) is 2. The normalized spacial score (nSPS) is 26.5. The van der Waals surface area contributed by atoms with Crippen molar-refractivity contribution >= 4 is 27.7 Å². The van der Waals surface area contributed by atoms with Gasteiger partial charge < -0.3 is 14.9 Å². The molecule has 5 heteroatoms. The summed E-state index contributed by atoms with van der Waals surface area (Å²) in [6, 6.07) is 8.32. The summed E-state index contributed by atoms with van der Waals surface area (Å²) in [4.78, 5) is 14.8. The number of rotatable bonds is 1. The predicted octanol–water partition coefficient (Wildman–Crippen LogP) is 2.50. The van der Waals surface area contributed by atoms with Gasteiger partial charge in [0.1, 0.15) is 0 Å². The van der Waals surface area contributed by atoms with Gasteiger partial charge in [0.25, 0.3) is 0 Å². The third-order valence-electron chi connectivity index (χ3n) is 3.95. The number of amides is 1. The minimum absolute atomic E-state index is 0.491. The van der Waals surface area contributed by atoms with Gasteiger partial charge in [-0.3, -0.25) is 0 Å². The van der Waals surface area contributed by atoms with Crippen LogP contribution < -0.4 is 4.90 Å². The Morgan fingerprint density at radius 1 is 1.11 bits per heavy atom. The fraction of sp³-hybridized carbons (Fsp3) is 0.462. The molecule has 0 radical (unpaired) electrons. The van der Waals surface area contributed by atoms with Crippen molar-refractivity contribution in [1.82, 2.24) is 4.90 Å². The lowest BCUT2D eigenvalue weighted by molar-refractivity contribution is 0.153. The molecule has 2 aliphatic rings. The maximum absolute atomic E-state index is 10.9. The highest BCUT2D eigenvalue weighted by atomic mass is 79.9. The minimum atomic E-state index is -0.778. The fourth-order valence-corrected chi connectivity index (χ4v) is 3.28. The zero-order valence-electron chi connectivity index (χ0n) is 9.92. The Morgan fingerprint density at radius 2 is 1.67 bits per heavy atom. The molecule has 2 saturated heterocycles. The van der Waals surface area contributed by atoms with Gasteiger partial charge in [-0.25, -0.2) is 4.79 Å². The van der Waals surface area contributed by atoms with Crippen LogP contribution in [0.15, 0.2) is 28.7 Å². The number of fused-ring (bicyclic) bond motifs is 1. The van der Waals surface area contributed by atoms with Gasteiger partial charge in [-0.2, -0.15) is 0 Å². The quantitative estimate of drug-likeness (QED) is 0.866. The molecule has 0 aliphatic carbocycles. The molecule has 3 rings (SSSR count). The van der Waals surface area contributed by atoms with E-state index in [1.54, 1.807) is 4.90 Å². The highest BCUT2D eigenvalue weighted by Gasteiger charge is 2.41. The van der Waals surface area contributed by atoms with Gasteiger partial charge >= 0.3 is 6.09 Å². The monoisotopic (exact) mass is 310 g/mol. The van der Waals surface area contributed by atoms with Crippen molar-refractivity contribution in [2.24, 2.45) is 11.8 Å². The molecule has 4 nitrogen and oxygen atoms in total. The largest absolute Gasteiger partial charge is 0.465 e. The van der Waals surface area contributed by atoms with Crippen molar-refractivity contribution in [1.29, 1.82) is 0 Å². The van der Waals surface area contributed by atoms with Gasteiger partial charge in [0.15, 0.2) is 0 Å². The van der Waals surface area contributed by atoms with E-state index in [0.29, 0.717) is 24.9 Å². The number of hydrogen-bond acceptors (Lipinski definition) is 2. The molecule has 2 fully saturated rings. The van der Waals surface area contributed by atoms with Crippen LogP contribution in [0.3, 0.4) is 0 Å². The van der Waals surface area contributed by atoms with Crippen LogP contribution in [0, 0.1) is 11.8 Å². The Hall–Kier alpha value is -1.23. The number of benzene rings is 1. The smallest absolute Gasteiger partial charge is 0.407 e. The number of likely N-dealkylation sites (tertiary alicyclic amines) is 1. The second-order valence-electron chi connectivity index (χ2n) is 5.09. The molecule has 1 aromatic carbocycles. The van der Waals surface area contributed by atoms with Crippen molar-refractivity contribution in [3.8, 4) is 0 Å². The summed E-state index contributed by atoms with van der Waals surface area (Å²) in [5.41, 5.74) is 1.23. The van der Waals surface area contributed by atoms with Crippen LogP contribution >= 0.6 is 15.9 Å². The van der Waals surface area contributed by atoms with E-state index in [-0.39, 0.29) is 0 Å². The summed E-state index contributed by atoms with van der Waals surface area (Å²) < 4.78 is 1.09. The first kappa shape index (κ1) is 11.8. The lowest BCUT2D eigenvalue weighted by atomic mass is 10.0. The second kappa shape index (κ2) is 4.46. The third kappa shape index (κ3) is 2.07. The molecule has 0 bridgehead atoms. The predicted molar refractivity (Wildman–Crippen MR) is 72.9 cm³/mol. The van der Waals surface area contributed by atoms with Crippen LogP contribution in [-0.4, -0.2) is 42.3 Å². The lowest BCUT2D eigenvalue weighted by Crippen LogP contribution is -2.32. The van der Waals surface area contributed by atoms with E-state index in [9.17, 15) is 4.79 Å². The van der Waals surface area contributed by atoms with Crippen LogP contribution in [0.5, 0.6) is 0 Å². The number of halogens is 1. The van der Waals surface area contributed by atoms with E-state index >= 15 is 0 Å². The molecule has 2 atom stereocenters. The van der Waals surface area contributed by atoms with Crippen molar-refractivity contribution < 1.29 is 9.90 Å². The van der Waals surface area contributed by atoms with Gasteiger partial charge in [-0.15, -0.1) is 0 Å².